The zero-order chi connectivity index (χ0) is 23.7. The highest BCUT2D eigenvalue weighted by Gasteiger charge is 2.33. The number of nitrogens with zero attached hydrogens (tertiary/aromatic N) is 2. The Balaban J connectivity index is 1.94. The van der Waals surface area contributed by atoms with E-state index in [0.717, 1.165) is 9.35 Å². The average Bonchev–Trinajstić information content (AvgIpc) is 3.42. The second-order valence-electron chi connectivity index (χ2n) is 7.05. The molecule has 1 atom stereocenters. The number of rotatable bonds is 6. The molecule has 0 bridgehead atoms. The van der Waals surface area contributed by atoms with E-state index in [1.807, 2.05) is 23.6 Å². The minimum atomic E-state index is -0.591. The second kappa shape index (κ2) is 9.66. The molecule has 0 saturated carbocycles. The van der Waals surface area contributed by atoms with E-state index >= 15 is 0 Å². The van der Waals surface area contributed by atoms with Gasteiger partial charge in [-0.25, -0.2) is 9.79 Å². The highest BCUT2D eigenvalue weighted by atomic mass is 79.9. The molecular formula is C23H21BrN2O5S2. The lowest BCUT2D eigenvalue weighted by molar-refractivity contribution is -0.139. The maximum atomic E-state index is 13.6. The maximum absolute atomic E-state index is 13.6. The fourth-order valence-corrected chi connectivity index (χ4v) is 6.03. The van der Waals surface area contributed by atoms with Crippen LogP contribution in [0.3, 0.4) is 0 Å². The van der Waals surface area contributed by atoms with Gasteiger partial charge in [-0.15, -0.1) is 11.3 Å². The molecule has 0 saturated heterocycles. The van der Waals surface area contributed by atoms with E-state index in [4.69, 9.17) is 14.2 Å². The molecule has 7 nitrogen and oxygen atoms in total. The van der Waals surface area contributed by atoms with Crippen molar-refractivity contribution in [1.82, 2.24) is 4.57 Å². The summed E-state index contributed by atoms with van der Waals surface area (Å²) in [5, 5.41) is 1.92. The predicted molar refractivity (Wildman–Crippen MR) is 132 cm³/mol. The zero-order valence-electron chi connectivity index (χ0n) is 18.4. The van der Waals surface area contributed by atoms with E-state index in [2.05, 4.69) is 20.9 Å². The molecule has 2 aromatic heterocycles. The van der Waals surface area contributed by atoms with Gasteiger partial charge in [0.2, 0.25) is 0 Å². The number of hydrogen-bond donors (Lipinski definition) is 0. The third-order valence-electron chi connectivity index (χ3n) is 5.12. The van der Waals surface area contributed by atoms with Gasteiger partial charge in [-0.1, -0.05) is 17.4 Å². The topological polar surface area (TPSA) is 79.1 Å². The Labute approximate surface area is 206 Å². The number of aromatic nitrogens is 1. The van der Waals surface area contributed by atoms with Crippen LogP contribution in [-0.2, 0) is 9.53 Å². The first-order chi connectivity index (χ1) is 15.9. The SMILES string of the molecule is CCOC(=O)C1=C(C)N=c2s/c(=C/c3cc(Br)c(OC)cc3OC)c(=O)n2C1c1cccs1. The Hall–Kier alpha value is -2.69. The number of fused-ring (bicyclic) bond motifs is 1. The molecule has 0 aliphatic carbocycles. The van der Waals surface area contributed by atoms with Crippen LogP contribution in [0.5, 0.6) is 11.5 Å². The van der Waals surface area contributed by atoms with Gasteiger partial charge in [-0.2, -0.15) is 0 Å². The van der Waals surface area contributed by atoms with E-state index < -0.39 is 12.0 Å². The number of thiophene rings is 1. The summed E-state index contributed by atoms with van der Waals surface area (Å²) in [4.78, 5) is 32.4. The fraction of sp³-hybridized carbons (Fsp3) is 0.261. The number of ether oxygens (including phenoxy) is 3. The summed E-state index contributed by atoms with van der Waals surface area (Å²) in [6, 6.07) is 6.81. The lowest BCUT2D eigenvalue weighted by Gasteiger charge is -2.23. The first kappa shape index (κ1) is 23.5. The number of carbonyl (C=O) groups is 1. The van der Waals surface area contributed by atoms with Gasteiger partial charge < -0.3 is 14.2 Å². The number of thiazole rings is 1. The molecule has 1 aliphatic rings. The highest BCUT2D eigenvalue weighted by Crippen LogP contribution is 2.34. The summed E-state index contributed by atoms with van der Waals surface area (Å²) < 4.78 is 18.9. The van der Waals surface area contributed by atoms with Gasteiger partial charge in [0, 0.05) is 16.5 Å². The van der Waals surface area contributed by atoms with Crippen molar-refractivity contribution in [3.8, 4) is 11.5 Å². The summed E-state index contributed by atoms with van der Waals surface area (Å²) in [6.07, 6.45) is 1.77. The van der Waals surface area contributed by atoms with Crippen molar-refractivity contribution in [1.29, 1.82) is 0 Å². The predicted octanol–water partition coefficient (Wildman–Crippen LogP) is 3.64. The first-order valence-corrected chi connectivity index (χ1v) is 12.5. The van der Waals surface area contributed by atoms with Crippen molar-refractivity contribution < 1.29 is 19.0 Å². The van der Waals surface area contributed by atoms with E-state index in [0.29, 0.717) is 37.7 Å². The number of esters is 1. The minimum absolute atomic E-state index is 0.236. The Kier molecular flexibility index (Phi) is 6.87. The molecule has 1 aromatic carbocycles. The Morgan fingerprint density at radius 1 is 1.27 bits per heavy atom. The Bertz CT molecular complexity index is 1420. The van der Waals surface area contributed by atoms with E-state index in [9.17, 15) is 9.59 Å². The summed E-state index contributed by atoms with van der Waals surface area (Å²) in [7, 11) is 3.14. The van der Waals surface area contributed by atoms with E-state index in [-0.39, 0.29) is 12.2 Å². The third-order valence-corrected chi connectivity index (χ3v) is 7.65. The van der Waals surface area contributed by atoms with Crippen LogP contribution in [0.4, 0.5) is 0 Å². The van der Waals surface area contributed by atoms with E-state index in [1.165, 1.54) is 22.7 Å². The van der Waals surface area contributed by atoms with Crippen LogP contribution in [0.2, 0.25) is 0 Å². The van der Waals surface area contributed by atoms with Gasteiger partial charge in [0.25, 0.3) is 5.56 Å². The maximum Gasteiger partial charge on any atom is 0.338 e. The van der Waals surface area contributed by atoms with Crippen LogP contribution in [0.15, 0.2) is 55.2 Å². The number of carbonyl (C=O) groups excluding carboxylic acids is 1. The molecule has 10 heteroatoms. The molecule has 0 amide bonds. The van der Waals surface area contributed by atoms with Crippen molar-refractivity contribution in [3.05, 3.63) is 75.5 Å². The van der Waals surface area contributed by atoms with Gasteiger partial charge in [0.15, 0.2) is 4.80 Å². The summed E-state index contributed by atoms with van der Waals surface area (Å²) in [6.45, 7) is 3.76. The largest absolute Gasteiger partial charge is 0.496 e. The van der Waals surface area contributed by atoms with Crippen LogP contribution in [0, 0.1) is 0 Å². The molecule has 1 aliphatic heterocycles. The molecular weight excluding hydrogens is 528 g/mol. The van der Waals surface area contributed by atoms with Gasteiger partial charge in [0.05, 0.1) is 41.1 Å². The molecule has 3 heterocycles. The van der Waals surface area contributed by atoms with Crippen molar-refractivity contribution in [3.63, 3.8) is 0 Å². The first-order valence-electron chi connectivity index (χ1n) is 10.0. The molecule has 4 rings (SSSR count). The molecule has 172 valence electrons. The standard InChI is InChI=1S/C23H21BrN2O5S2/c1-5-31-22(28)19-12(2)25-23-26(20(19)17-7-6-8-32-17)21(27)18(33-23)10-13-9-14(24)16(30-4)11-15(13)29-3/h6-11,20H,5H2,1-4H3/b18-10+. The number of allylic oxidation sites excluding steroid dienone is 1. The van der Waals surface area contributed by atoms with Crippen molar-refractivity contribution in [2.75, 3.05) is 20.8 Å². The normalized spacial score (nSPS) is 15.8. The number of halogens is 1. The third kappa shape index (κ3) is 4.30. The fourth-order valence-electron chi connectivity index (χ4n) is 3.64. The number of hydrogen-bond acceptors (Lipinski definition) is 8. The molecule has 0 N–H and O–H groups in total. The van der Waals surface area contributed by atoms with Gasteiger partial charge in [-0.3, -0.25) is 9.36 Å². The average molecular weight is 549 g/mol. The van der Waals surface area contributed by atoms with Gasteiger partial charge in [0.1, 0.15) is 17.5 Å². The monoisotopic (exact) mass is 548 g/mol. The molecule has 3 aromatic rings. The summed E-state index contributed by atoms with van der Waals surface area (Å²) in [5.74, 6) is 0.726. The van der Waals surface area contributed by atoms with Crippen LogP contribution in [0.1, 0.15) is 30.3 Å². The molecule has 0 spiro atoms. The minimum Gasteiger partial charge on any atom is -0.496 e. The van der Waals surface area contributed by atoms with Crippen molar-refractivity contribution in [2.45, 2.75) is 19.9 Å². The lowest BCUT2D eigenvalue weighted by atomic mass is 10.0. The van der Waals surface area contributed by atoms with E-state index in [1.54, 1.807) is 44.8 Å². The molecule has 0 fully saturated rings. The van der Waals surface area contributed by atoms with Crippen molar-refractivity contribution in [2.24, 2.45) is 4.99 Å². The summed E-state index contributed by atoms with van der Waals surface area (Å²) >= 11 is 6.23. The van der Waals surface area contributed by atoms with Gasteiger partial charge in [-0.05, 0) is 53.4 Å². The second-order valence-corrected chi connectivity index (χ2v) is 9.89. The lowest BCUT2D eigenvalue weighted by Crippen LogP contribution is -2.39. The summed E-state index contributed by atoms with van der Waals surface area (Å²) in [5.41, 5.74) is 1.40. The Morgan fingerprint density at radius 3 is 2.67 bits per heavy atom. The van der Waals surface area contributed by atoms with Crippen LogP contribution >= 0.6 is 38.6 Å². The molecule has 33 heavy (non-hydrogen) atoms. The number of methoxy groups -OCH3 is 2. The Morgan fingerprint density at radius 2 is 2.03 bits per heavy atom. The number of benzene rings is 1. The quantitative estimate of drug-likeness (QED) is 0.439. The molecule has 1 unspecified atom stereocenters. The van der Waals surface area contributed by atoms with Crippen LogP contribution in [0.25, 0.3) is 6.08 Å². The molecule has 0 radical (unpaired) electrons. The van der Waals surface area contributed by atoms with Crippen LogP contribution in [-0.4, -0.2) is 31.4 Å². The zero-order valence-corrected chi connectivity index (χ0v) is 21.6. The van der Waals surface area contributed by atoms with Gasteiger partial charge >= 0.3 is 5.97 Å². The van der Waals surface area contributed by atoms with Crippen molar-refractivity contribution >= 4 is 50.6 Å². The van der Waals surface area contributed by atoms with Crippen LogP contribution < -0.4 is 24.4 Å². The smallest absolute Gasteiger partial charge is 0.338 e. The highest BCUT2D eigenvalue weighted by molar-refractivity contribution is 9.10.